The van der Waals surface area contributed by atoms with Crippen molar-refractivity contribution in [2.75, 3.05) is 45.9 Å². The molecule has 2 saturated heterocycles. The molecule has 5 nitrogen and oxygen atoms in total. The molecule has 0 aromatic heterocycles. The van der Waals surface area contributed by atoms with Gasteiger partial charge in [-0.25, -0.2) is 0 Å². The van der Waals surface area contributed by atoms with Crippen molar-refractivity contribution in [1.29, 1.82) is 0 Å². The van der Waals surface area contributed by atoms with Crippen molar-refractivity contribution in [2.45, 2.75) is 39.2 Å². The van der Waals surface area contributed by atoms with Crippen molar-refractivity contribution in [1.82, 2.24) is 9.80 Å². The lowest BCUT2D eigenvalue weighted by Crippen LogP contribution is -2.52. The van der Waals surface area contributed by atoms with Gasteiger partial charge in [-0.05, 0) is 24.7 Å². The van der Waals surface area contributed by atoms with Gasteiger partial charge < -0.3 is 15.4 Å². The third kappa shape index (κ3) is 5.37. The van der Waals surface area contributed by atoms with Crippen LogP contribution in [-0.4, -0.2) is 67.7 Å². The van der Waals surface area contributed by atoms with Gasteiger partial charge in [0, 0.05) is 32.7 Å². The number of ether oxygens (including phenoxy) is 1. The number of hydrogen-bond donors (Lipinski definition) is 1. The monoisotopic (exact) mass is 333 g/mol. The number of nitrogens with zero attached hydrogens (tertiary/aromatic N) is 2. The molecule has 2 N–H and O–H groups in total. The highest BCUT2D eigenvalue weighted by Crippen LogP contribution is 2.20. The summed E-state index contributed by atoms with van der Waals surface area (Å²) in [4.78, 5) is 17.0. The number of nitrogens with two attached hydrogens (primary N) is 1. The molecule has 0 aromatic rings. The van der Waals surface area contributed by atoms with Gasteiger partial charge in [-0.1, -0.05) is 20.3 Å². The van der Waals surface area contributed by atoms with Gasteiger partial charge in [0.05, 0.1) is 19.3 Å². The number of rotatable bonds is 5. The highest BCUT2D eigenvalue weighted by Gasteiger charge is 2.30. The van der Waals surface area contributed by atoms with Crippen LogP contribution in [-0.2, 0) is 9.53 Å². The minimum absolute atomic E-state index is 0. The summed E-state index contributed by atoms with van der Waals surface area (Å²) >= 11 is 0. The van der Waals surface area contributed by atoms with E-state index in [1.54, 1.807) is 0 Å². The van der Waals surface area contributed by atoms with E-state index in [1.807, 2.05) is 4.90 Å². The SMILES string of the molecule is CCC(C)C(N)C(=O)N1CCCC(CN2CCOCC2)C1.Cl. The second kappa shape index (κ2) is 9.71. The van der Waals surface area contributed by atoms with E-state index in [4.69, 9.17) is 10.5 Å². The van der Waals surface area contributed by atoms with Gasteiger partial charge in [0.25, 0.3) is 0 Å². The van der Waals surface area contributed by atoms with E-state index in [0.717, 1.165) is 58.8 Å². The Balaban J connectivity index is 0.00000242. The fraction of sp³-hybridized carbons (Fsp3) is 0.938. The molecule has 0 radical (unpaired) electrons. The van der Waals surface area contributed by atoms with Gasteiger partial charge >= 0.3 is 0 Å². The van der Waals surface area contributed by atoms with Crippen molar-refractivity contribution in [3.63, 3.8) is 0 Å². The largest absolute Gasteiger partial charge is 0.379 e. The van der Waals surface area contributed by atoms with E-state index in [1.165, 1.54) is 6.42 Å². The predicted molar refractivity (Wildman–Crippen MR) is 91.2 cm³/mol. The quantitative estimate of drug-likeness (QED) is 0.825. The summed E-state index contributed by atoms with van der Waals surface area (Å²) in [5.74, 6) is 0.998. The minimum Gasteiger partial charge on any atom is -0.379 e. The second-order valence-electron chi connectivity index (χ2n) is 6.62. The molecule has 0 saturated carbocycles. The zero-order valence-electron chi connectivity index (χ0n) is 14.0. The Kier molecular flexibility index (Phi) is 8.69. The van der Waals surface area contributed by atoms with Crippen LogP contribution in [0, 0.1) is 11.8 Å². The normalized spacial score (nSPS) is 26.1. The zero-order valence-corrected chi connectivity index (χ0v) is 14.8. The summed E-state index contributed by atoms with van der Waals surface area (Å²) < 4.78 is 5.40. The first kappa shape index (κ1) is 19.7. The fourth-order valence-electron chi connectivity index (χ4n) is 3.27. The Bertz CT molecular complexity index is 337. The van der Waals surface area contributed by atoms with Gasteiger partial charge in [-0.2, -0.15) is 0 Å². The number of amides is 1. The molecule has 3 unspecified atom stereocenters. The van der Waals surface area contributed by atoms with Crippen LogP contribution in [0.4, 0.5) is 0 Å². The van der Waals surface area contributed by atoms with Crippen LogP contribution in [0.25, 0.3) is 0 Å². The molecule has 6 heteroatoms. The van der Waals surface area contributed by atoms with E-state index in [-0.39, 0.29) is 30.3 Å². The average molecular weight is 334 g/mol. The van der Waals surface area contributed by atoms with Crippen molar-refractivity contribution >= 4 is 18.3 Å². The van der Waals surface area contributed by atoms with Crippen LogP contribution >= 0.6 is 12.4 Å². The first-order valence-corrected chi connectivity index (χ1v) is 8.46. The number of likely N-dealkylation sites (tertiary alicyclic amines) is 1. The lowest BCUT2D eigenvalue weighted by Gasteiger charge is -2.38. The Hall–Kier alpha value is -0.360. The Morgan fingerprint density at radius 1 is 1.32 bits per heavy atom. The summed E-state index contributed by atoms with van der Waals surface area (Å²) in [6.45, 7) is 10.7. The molecule has 2 rings (SSSR count). The summed E-state index contributed by atoms with van der Waals surface area (Å²) in [6.07, 6.45) is 3.28. The molecule has 2 heterocycles. The Labute approximate surface area is 140 Å². The molecule has 3 atom stereocenters. The Morgan fingerprint density at radius 2 is 2.00 bits per heavy atom. The van der Waals surface area contributed by atoms with Crippen molar-refractivity contribution in [3.8, 4) is 0 Å². The summed E-state index contributed by atoms with van der Waals surface area (Å²) in [5, 5.41) is 0. The zero-order chi connectivity index (χ0) is 15.2. The number of carbonyl (C=O) groups is 1. The van der Waals surface area contributed by atoms with E-state index >= 15 is 0 Å². The van der Waals surface area contributed by atoms with Gasteiger partial charge in [-0.15, -0.1) is 12.4 Å². The molecule has 2 aliphatic rings. The summed E-state index contributed by atoms with van der Waals surface area (Å²) in [7, 11) is 0. The van der Waals surface area contributed by atoms with Gasteiger partial charge in [-0.3, -0.25) is 9.69 Å². The molecule has 0 spiro atoms. The topological polar surface area (TPSA) is 58.8 Å². The average Bonchev–Trinajstić information content (AvgIpc) is 2.54. The maximum Gasteiger partial charge on any atom is 0.239 e. The third-order valence-corrected chi connectivity index (χ3v) is 4.99. The molecule has 1 amide bonds. The van der Waals surface area contributed by atoms with Crippen molar-refractivity contribution in [2.24, 2.45) is 17.6 Å². The Morgan fingerprint density at radius 3 is 2.64 bits per heavy atom. The van der Waals surface area contributed by atoms with Crippen molar-refractivity contribution in [3.05, 3.63) is 0 Å². The second-order valence-corrected chi connectivity index (χ2v) is 6.62. The number of morpholine rings is 1. The molecule has 2 fully saturated rings. The number of halogens is 1. The molecular formula is C16H32ClN3O2. The van der Waals surface area contributed by atoms with Crippen molar-refractivity contribution < 1.29 is 9.53 Å². The molecule has 22 heavy (non-hydrogen) atoms. The van der Waals surface area contributed by atoms with Crippen LogP contribution < -0.4 is 5.73 Å². The first-order chi connectivity index (χ1) is 10.1. The predicted octanol–water partition coefficient (Wildman–Crippen LogP) is 1.35. The lowest BCUT2D eigenvalue weighted by molar-refractivity contribution is -0.135. The summed E-state index contributed by atoms with van der Waals surface area (Å²) in [5.41, 5.74) is 6.11. The molecule has 2 aliphatic heterocycles. The molecular weight excluding hydrogens is 302 g/mol. The lowest BCUT2D eigenvalue weighted by atomic mass is 9.94. The van der Waals surface area contributed by atoms with E-state index in [2.05, 4.69) is 18.7 Å². The van der Waals surface area contributed by atoms with E-state index in [9.17, 15) is 4.79 Å². The van der Waals surface area contributed by atoms with E-state index in [0.29, 0.717) is 5.92 Å². The minimum atomic E-state index is -0.336. The molecule has 130 valence electrons. The first-order valence-electron chi connectivity index (χ1n) is 8.46. The highest BCUT2D eigenvalue weighted by atomic mass is 35.5. The maximum atomic E-state index is 12.5. The van der Waals surface area contributed by atoms with Crippen LogP contribution in [0.5, 0.6) is 0 Å². The van der Waals surface area contributed by atoms with Crippen LogP contribution in [0.2, 0.25) is 0 Å². The third-order valence-electron chi connectivity index (χ3n) is 4.99. The molecule has 0 bridgehead atoms. The number of carbonyl (C=O) groups excluding carboxylic acids is 1. The van der Waals surface area contributed by atoms with Crippen LogP contribution in [0.3, 0.4) is 0 Å². The van der Waals surface area contributed by atoms with Gasteiger partial charge in [0.1, 0.15) is 0 Å². The summed E-state index contributed by atoms with van der Waals surface area (Å²) in [6, 6.07) is -0.336. The van der Waals surface area contributed by atoms with E-state index < -0.39 is 0 Å². The molecule has 0 aromatic carbocycles. The fourth-order valence-corrected chi connectivity index (χ4v) is 3.27. The van der Waals surface area contributed by atoms with Crippen LogP contribution in [0.15, 0.2) is 0 Å². The van der Waals surface area contributed by atoms with Crippen LogP contribution in [0.1, 0.15) is 33.1 Å². The number of piperidine rings is 1. The highest BCUT2D eigenvalue weighted by molar-refractivity contribution is 5.85. The standard InChI is InChI=1S/C16H31N3O2.ClH/c1-3-13(2)15(17)16(20)19-6-4-5-14(12-19)11-18-7-9-21-10-8-18;/h13-15H,3-12,17H2,1-2H3;1H. The smallest absolute Gasteiger partial charge is 0.239 e. The van der Waals surface area contributed by atoms with Gasteiger partial charge in [0.2, 0.25) is 5.91 Å². The van der Waals surface area contributed by atoms with Gasteiger partial charge in [0.15, 0.2) is 0 Å². The molecule has 0 aliphatic carbocycles. The number of hydrogen-bond acceptors (Lipinski definition) is 4. The maximum absolute atomic E-state index is 12.5.